The van der Waals surface area contributed by atoms with Crippen molar-refractivity contribution in [3.05, 3.63) is 113 Å². The van der Waals surface area contributed by atoms with Gasteiger partial charge in [0.1, 0.15) is 5.92 Å². The summed E-state index contributed by atoms with van der Waals surface area (Å²) in [4.78, 5) is 48.0. The molecule has 0 saturated carbocycles. The molecule has 0 bridgehead atoms. The van der Waals surface area contributed by atoms with Crippen molar-refractivity contribution in [3.8, 4) is 6.07 Å². The van der Waals surface area contributed by atoms with Crippen molar-refractivity contribution >= 4 is 52.4 Å². The van der Waals surface area contributed by atoms with Crippen molar-refractivity contribution in [2.24, 2.45) is 4.99 Å². The molecule has 3 amide bonds. The third-order valence-corrected chi connectivity index (χ3v) is 7.91. The normalized spacial score (nSPS) is 16.1. The van der Waals surface area contributed by atoms with Crippen LogP contribution in [0.4, 0.5) is 33.2 Å². The van der Waals surface area contributed by atoms with Crippen LogP contribution in [0.25, 0.3) is 0 Å². The fraction of sp³-hybridized carbons (Fsp3) is 0.171. The van der Waals surface area contributed by atoms with Gasteiger partial charge in [-0.15, -0.1) is 0 Å². The Labute approximate surface area is 261 Å². The van der Waals surface area contributed by atoms with Crippen LogP contribution in [0.2, 0.25) is 0 Å². The van der Waals surface area contributed by atoms with Crippen molar-refractivity contribution < 1.29 is 14.4 Å². The third-order valence-electron chi connectivity index (χ3n) is 7.91. The summed E-state index contributed by atoms with van der Waals surface area (Å²) >= 11 is 0. The Hall–Kier alpha value is -5.79. The van der Waals surface area contributed by atoms with Crippen LogP contribution in [0.1, 0.15) is 33.0 Å². The fourth-order valence-electron chi connectivity index (χ4n) is 5.42. The van der Waals surface area contributed by atoms with Crippen LogP contribution in [0.3, 0.4) is 0 Å². The number of carbonyl (C=O) groups excluding carboxylic acids is 3. The van der Waals surface area contributed by atoms with Gasteiger partial charge in [0.2, 0.25) is 5.91 Å². The minimum Gasteiger partial charge on any atom is -0.369 e. The molecule has 2 aliphatic heterocycles. The molecule has 0 aromatic heterocycles. The molecule has 2 heterocycles. The predicted octanol–water partition coefficient (Wildman–Crippen LogP) is 5.62. The molecule has 6 rings (SSSR count). The lowest BCUT2D eigenvalue weighted by atomic mass is 9.97. The van der Waals surface area contributed by atoms with Gasteiger partial charge in [-0.1, -0.05) is 30.3 Å². The first-order valence-electron chi connectivity index (χ1n) is 14.6. The average molecular weight is 598 g/mol. The van der Waals surface area contributed by atoms with E-state index in [0.717, 1.165) is 43.1 Å². The lowest BCUT2D eigenvalue weighted by molar-refractivity contribution is -0.115. The second-order valence-corrected chi connectivity index (χ2v) is 11.0. The van der Waals surface area contributed by atoms with E-state index in [1.54, 1.807) is 72.9 Å². The largest absolute Gasteiger partial charge is 0.369 e. The van der Waals surface area contributed by atoms with Crippen LogP contribution >= 0.6 is 0 Å². The summed E-state index contributed by atoms with van der Waals surface area (Å²) in [5.74, 6) is -1.03. The Kier molecular flexibility index (Phi) is 8.35. The molecule has 3 N–H and O–H groups in total. The zero-order valence-corrected chi connectivity index (χ0v) is 24.7. The number of piperazine rings is 1. The van der Waals surface area contributed by atoms with Gasteiger partial charge >= 0.3 is 6.03 Å². The molecule has 4 aromatic rings. The first-order chi connectivity index (χ1) is 21.9. The van der Waals surface area contributed by atoms with Crippen LogP contribution in [-0.4, -0.2) is 62.1 Å². The molecule has 4 aromatic carbocycles. The van der Waals surface area contributed by atoms with Crippen LogP contribution < -0.4 is 20.9 Å². The number of rotatable bonds is 7. The number of anilines is 4. The lowest BCUT2D eigenvalue weighted by Crippen LogP contribution is -2.44. The SMILES string of the molecule is CN1CCN(c2ccc(N=CC3C(=O)Nc4cc(C(=O)c5cccc(NC(=O)Nc6cccc(C#N)c6)c5)ccc43)cc2)CC1. The van der Waals surface area contributed by atoms with Gasteiger partial charge in [0.05, 0.1) is 17.3 Å². The smallest absolute Gasteiger partial charge is 0.323 e. The van der Waals surface area contributed by atoms with E-state index >= 15 is 0 Å². The summed E-state index contributed by atoms with van der Waals surface area (Å²) in [5.41, 5.74) is 5.36. The van der Waals surface area contributed by atoms with Gasteiger partial charge < -0.3 is 25.8 Å². The zero-order chi connectivity index (χ0) is 31.3. The molecule has 224 valence electrons. The van der Waals surface area contributed by atoms with Crippen LogP contribution in [0.15, 0.2) is 96.0 Å². The van der Waals surface area contributed by atoms with E-state index in [2.05, 4.69) is 49.9 Å². The number of fused-ring (bicyclic) bond motifs is 1. The molecular weight excluding hydrogens is 566 g/mol. The van der Waals surface area contributed by atoms with Crippen LogP contribution in [0.5, 0.6) is 0 Å². The minimum absolute atomic E-state index is 0.204. The quantitative estimate of drug-likeness (QED) is 0.187. The van der Waals surface area contributed by atoms with Gasteiger partial charge in [-0.25, -0.2) is 4.79 Å². The Morgan fingerprint density at radius 3 is 2.31 bits per heavy atom. The summed E-state index contributed by atoms with van der Waals surface area (Å²) in [7, 11) is 2.13. The number of nitrogens with one attached hydrogen (secondary N) is 3. The molecule has 0 spiro atoms. The second-order valence-electron chi connectivity index (χ2n) is 11.0. The number of amides is 3. The molecule has 0 radical (unpaired) electrons. The first-order valence-corrected chi connectivity index (χ1v) is 14.6. The third kappa shape index (κ3) is 6.74. The highest BCUT2D eigenvalue weighted by Gasteiger charge is 2.30. The van der Waals surface area contributed by atoms with E-state index in [4.69, 9.17) is 5.26 Å². The zero-order valence-electron chi connectivity index (χ0n) is 24.7. The molecule has 10 nitrogen and oxygen atoms in total. The average Bonchev–Trinajstić information content (AvgIpc) is 3.38. The summed E-state index contributed by atoms with van der Waals surface area (Å²) in [6, 6.07) is 27.9. The van der Waals surface area contributed by atoms with E-state index in [-0.39, 0.29) is 11.7 Å². The van der Waals surface area contributed by atoms with Gasteiger partial charge in [-0.05, 0) is 73.3 Å². The van der Waals surface area contributed by atoms with Crippen molar-refractivity contribution in [2.75, 3.05) is 54.1 Å². The number of hydrogen-bond acceptors (Lipinski definition) is 7. The van der Waals surface area contributed by atoms with E-state index in [1.165, 1.54) is 0 Å². The number of likely N-dealkylation sites (N-methyl/N-ethyl adjacent to an activating group) is 1. The maximum atomic E-state index is 13.4. The highest BCUT2D eigenvalue weighted by molar-refractivity contribution is 6.15. The Bertz CT molecular complexity index is 1840. The second kappa shape index (κ2) is 12.8. The summed E-state index contributed by atoms with van der Waals surface area (Å²) in [6.45, 7) is 4.05. The number of ketones is 1. The van der Waals surface area contributed by atoms with E-state index in [1.807, 2.05) is 18.2 Å². The Morgan fingerprint density at radius 2 is 1.58 bits per heavy atom. The number of hydrogen-bond donors (Lipinski definition) is 3. The van der Waals surface area contributed by atoms with Gasteiger partial charge in [-0.3, -0.25) is 14.6 Å². The van der Waals surface area contributed by atoms with Crippen molar-refractivity contribution in [3.63, 3.8) is 0 Å². The molecule has 10 heteroatoms. The number of benzene rings is 4. The van der Waals surface area contributed by atoms with E-state index < -0.39 is 11.9 Å². The molecule has 1 atom stereocenters. The van der Waals surface area contributed by atoms with Crippen LogP contribution in [0, 0.1) is 11.3 Å². The summed E-state index contributed by atoms with van der Waals surface area (Å²) < 4.78 is 0. The summed E-state index contributed by atoms with van der Waals surface area (Å²) in [6.07, 6.45) is 1.64. The topological polar surface area (TPSA) is 130 Å². The van der Waals surface area contributed by atoms with Gasteiger partial charge in [-0.2, -0.15) is 5.26 Å². The molecule has 1 fully saturated rings. The number of nitrogens with zero attached hydrogens (tertiary/aromatic N) is 4. The van der Waals surface area contributed by atoms with Crippen molar-refractivity contribution in [2.45, 2.75) is 5.92 Å². The van der Waals surface area contributed by atoms with Gasteiger partial charge in [0.15, 0.2) is 5.78 Å². The minimum atomic E-state index is -0.568. The Morgan fingerprint density at radius 1 is 0.889 bits per heavy atom. The molecule has 45 heavy (non-hydrogen) atoms. The standard InChI is InChI=1S/C35H31N7O3/c1-41-14-16-42(17-15-41)29-11-9-26(10-12-29)37-22-31-30-13-8-25(20-32(30)40-34(31)44)33(43)24-5-3-7-28(19-24)39-35(45)38-27-6-2-4-23(18-27)21-36/h2-13,18-20,22,31H,14-17H2,1H3,(H,40,44)(H2,38,39,45). The van der Waals surface area contributed by atoms with Gasteiger partial charge in [0.25, 0.3) is 0 Å². The van der Waals surface area contributed by atoms with Gasteiger partial charge in [0, 0.05) is 66.3 Å². The highest BCUT2D eigenvalue weighted by Crippen LogP contribution is 2.33. The highest BCUT2D eigenvalue weighted by atomic mass is 16.2. The number of nitriles is 1. The maximum absolute atomic E-state index is 13.4. The fourth-order valence-corrected chi connectivity index (χ4v) is 5.42. The first kappa shape index (κ1) is 29.3. The summed E-state index contributed by atoms with van der Waals surface area (Å²) in [5, 5.41) is 17.3. The molecule has 1 unspecified atom stereocenters. The van der Waals surface area contributed by atoms with Crippen molar-refractivity contribution in [1.29, 1.82) is 5.26 Å². The Balaban J connectivity index is 1.11. The number of urea groups is 1. The predicted molar refractivity (Wildman–Crippen MR) is 176 cm³/mol. The molecule has 0 aliphatic carbocycles. The maximum Gasteiger partial charge on any atom is 0.323 e. The monoisotopic (exact) mass is 597 g/mol. The van der Waals surface area contributed by atoms with Crippen molar-refractivity contribution in [1.82, 2.24) is 4.90 Å². The van der Waals surface area contributed by atoms with E-state index in [9.17, 15) is 14.4 Å². The lowest BCUT2D eigenvalue weighted by Gasteiger charge is -2.34. The number of aliphatic imine (C=N–C) groups is 1. The number of carbonyl (C=O) groups is 3. The molecular formula is C35H31N7O3. The van der Waals surface area contributed by atoms with E-state index in [0.29, 0.717) is 33.8 Å². The molecule has 2 aliphatic rings. The van der Waals surface area contributed by atoms with Crippen LogP contribution in [-0.2, 0) is 4.79 Å². The molecule has 1 saturated heterocycles.